The van der Waals surface area contributed by atoms with E-state index in [2.05, 4.69) is 10.6 Å². The van der Waals surface area contributed by atoms with Crippen LogP contribution in [0.3, 0.4) is 0 Å². The van der Waals surface area contributed by atoms with Crippen LogP contribution in [0.1, 0.15) is 18.4 Å². The maximum atomic E-state index is 12.6. The topological polar surface area (TPSA) is 61.4 Å². The third-order valence-electron chi connectivity index (χ3n) is 5.12. The fourth-order valence-corrected chi connectivity index (χ4v) is 3.64. The summed E-state index contributed by atoms with van der Waals surface area (Å²) in [6, 6.07) is 9.64. The second kappa shape index (κ2) is 4.30. The second-order valence-corrected chi connectivity index (χ2v) is 6.39. The normalized spacial score (nSPS) is 34.1. The van der Waals surface area contributed by atoms with Crippen molar-refractivity contribution < 1.29 is 9.90 Å². The number of benzene rings is 1. The van der Waals surface area contributed by atoms with Crippen LogP contribution in [0.5, 0.6) is 0 Å². The highest BCUT2D eigenvalue weighted by molar-refractivity contribution is 5.87. The van der Waals surface area contributed by atoms with Gasteiger partial charge in [0.2, 0.25) is 0 Å². The van der Waals surface area contributed by atoms with Crippen molar-refractivity contribution in [3.8, 4) is 0 Å². The third-order valence-corrected chi connectivity index (χ3v) is 5.12. The van der Waals surface area contributed by atoms with Crippen molar-refractivity contribution in [1.29, 1.82) is 0 Å². The maximum absolute atomic E-state index is 12.6. The molecule has 0 bridgehead atoms. The third kappa shape index (κ3) is 1.79. The minimum atomic E-state index is -1.34. The summed E-state index contributed by atoms with van der Waals surface area (Å²) >= 11 is 0. The zero-order chi connectivity index (χ0) is 13.7. The first kappa shape index (κ1) is 12.4. The van der Waals surface area contributed by atoms with E-state index in [0.29, 0.717) is 11.8 Å². The van der Waals surface area contributed by atoms with E-state index in [9.17, 15) is 9.90 Å². The number of hydrogen-bond donors (Lipinski definition) is 3. The summed E-state index contributed by atoms with van der Waals surface area (Å²) in [4.78, 5) is 12.6. The lowest BCUT2D eigenvalue weighted by Gasteiger charge is -2.28. The lowest BCUT2D eigenvalue weighted by molar-refractivity contribution is -0.143. The maximum Gasteiger partial charge on any atom is 0.257 e. The van der Waals surface area contributed by atoms with Gasteiger partial charge >= 0.3 is 0 Å². The molecule has 106 valence electrons. The van der Waals surface area contributed by atoms with Crippen LogP contribution in [0.25, 0.3) is 0 Å². The summed E-state index contributed by atoms with van der Waals surface area (Å²) in [5, 5.41) is 17.4. The molecule has 1 heterocycles. The molecule has 4 atom stereocenters. The Bertz CT molecular complexity index is 519. The van der Waals surface area contributed by atoms with Gasteiger partial charge < -0.3 is 15.7 Å². The van der Waals surface area contributed by atoms with Crippen LogP contribution >= 0.6 is 0 Å². The summed E-state index contributed by atoms with van der Waals surface area (Å²) in [6.45, 7) is 1.98. The summed E-state index contributed by atoms with van der Waals surface area (Å²) < 4.78 is 0. The number of carbonyl (C=O) groups excluding carboxylic acids is 1. The molecular formula is C16H20N2O2. The average Bonchev–Trinajstić information content (AvgIpc) is 3.38. The summed E-state index contributed by atoms with van der Waals surface area (Å²) in [6.07, 6.45) is 1.86. The molecule has 0 radical (unpaired) electrons. The van der Waals surface area contributed by atoms with Gasteiger partial charge in [-0.05, 0) is 30.2 Å². The van der Waals surface area contributed by atoms with Crippen LogP contribution in [0, 0.1) is 17.8 Å². The highest BCUT2D eigenvalue weighted by Crippen LogP contribution is 2.47. The van der Waals surface area contributed by atoms with Gasteiger partial charge in [-0.25, -0.2) is 0 Å². The Kier molecular flexibility index (Phi) is 2.66. The van der Waals surface area contributed by atoms with E-state index < -0.39 is 5.60 Å². The Hall–Kier alpha value is -1.39. The molecule has 4 nitrogen and oxygen atoms in total. The molecule has 1 aromatic carbocycles. The van der Waals surface area contributed by atoms with Gasteiger partial charge in [0.05, 0.1) is 0 Å². The highest BCUT2D eigenvalue weighted by Gasteiger charge is 2.57. The molecule has 4 rings (SSSR count). The Morgan fingerprint density at radius 1 is 1.20 bits per heavy atom. The molecule has 1 aromatic rings. The van der Waals surface area contributed by atoms with Crippen LogP contribution in [-0.2, 0) is 10.4 Å². The fourth-order valence-electron chi connectivity index (χ4n) is 3.64. The monoisotopic (exact) mass is 272 g/mol. The second-order valence-electron chi connectivity index (χ2n) is 6.39. The van der Waals surface area contributed by atoms with E-state index in [1.54, 1.807) is 0 Å². The van der Waals surface area contributed by atoms with E-state index in [-0.39, 0.29) is 17.9 Å². The van der Waals surface area contributed by atoms with Crippen molar-refractivity contribution in [1.82, 2.24) is 10.6 Å². The van der Waals surface area contributed by atoms with E-state index in [0.717, 1.165) is 31.5 Å². The van der Waals surface area contributed by atoms with Crippen molar-refractivity contribution in [2.75, 3.05) is 13.1 Å². The molecule has 3 N–H and O–H groups in total. The van der Waals surface area contributed by atoms with Gasteiger partial charge in [0.15, 0.2) is 5.60 Å². The molecule has 1 aliphatic heterocycles. The quantitative estimate of drug-likeness (QED) is 0.753. The predicted octanol–water partition coefficient (Wildman–Crippen LogP) is 0.618. The van der Waals surface area contributed by atoms with Crippen LogP contribution < -0.4 is 10.6 Å². The van der Waals surface area contributed by atoms with Gasteiger partial charge in [0.1, 0.15) is 0 Å². The van der Waals surface area contributed by atoms with Crippen LogP contribution in [0.15, 0.2) is 30.3 Å². The first-order chi connectivity index (χ1) is 9.71. The molecule has 0 aromatic heterocycles. The minimum Gasteiger partial charge on any atom is -0.375 e. The Morgan fingerprint density at radius 2 is 1.85 bits per heavy atom. The highest BCUT2D eigenvalue weighted by atomic mass is 16.3. The first-order valence-corrected chi connectivity index (χ1v) is 7.51. The number of nitrogens with one attached hydrogen (secondary N) is 2. The van der Waals surface area contributed by atoms with Gasteiger partial charge in [-0.2, -0.15) is 0 Å². The number of amides is 1. The van der Waals surface area contributed by atoms with E-state index >= 15 is 0 Å². The lowest BCUT2D eigenvalue weighted by Crippen LogP contribution is -2.48. The zero-order valence-electron chi connectivity index (χ0n) is 11.4. The molecule has 20 heavy (non-hydrogen) atoms. The molecular weight excluding hydrogens is 252 g/mol. The van der Waals surface area contributed by atoms with Crippen molar-refractivity contribution >= 4 is 5.91 Å². The molecule has 2 saturated carbocycles. The Morgan fingerprint density at radius 3 is 2.45 bits per heavy atom. The van der Waals surface area contributed by atoms with Crippen molar-refractivity contribution in [2.45, 2.75) is 24.5 Å². The van der Waals surface area contributed by atoms with Gasteiger partial charge in [0.25, 0.3) is 5.91 Å². The Balaban J connectivity index is 1.55. The number of fused-ring (bicyclic) bond motifs is 1. The number of hydrogen-bond acceptors (Lipinski definition) is 3. The fraction of sp³-hybridized carbons (Fsp3) is 0.562. The van der Waals surface area contributed by atoms with Crippen LogP contribution in [0.4, 0.5) is 0 Å². The number of aliphatic hydroxyl groups is 1. The molecule has 1 saturated heterocycles. The standard InChI is InChI=1S/C16H20N2O2/c19-15(18-14-12-8-17-9-13(12)14)16(20,11-6-7-11)10-4-2-1-3-5-10/h1-5,11-14,17,20H,6-9H2,(H,18,19)/t12-,13?,14+,16?/m0/s1. The van der Waals surface area contributed by atoms with Crippen molar-refractivity contribution in [2.24, 2.45) is 17.8 Å². The van der Waals surface area contributed by atoms with Crippen LogP contribution in [0.2, 0.25) is 0 Å². The summed E-state index contributed by atoms with van der Waals surface area (Å²) in [7, 11) is 0. The first-order valence-electron chi connectivity index (χ1n) is 7.51. The molecule has 0 spiro atoms. The number of piperidine rings is 1. The number of carbonyl (C=O) groups is 1. The van der Waals surface area contributed by atoms with Gasteiger partial charge in [-0.3, -0.25) is 4.79 Å². The van der Waals surface area contributed by atoms with E-state index in [1.165, 1.54) is 0 Å². The molecule has 4 heteroatoms. The predicted molar refractivity (Wildman–Crippen MR) is 74.8 cm³/mol. The van der Waals surface area contributed by atoms with E-state index in [4.69, 9.17) is 0 Å². The smallest absolute Gasteiger partial charge is 0.257 e. The SMILES string of the molecule is O=C(N[C@H]1C2CNC[C@@H]21)C(O)(c1ccccc1)C1CC1. The molecule has 1 amide bonds. The lowest BCUT2D eigenvalue weighted by atomic mass is 9.87. The van der Waals surface area contributed by atoms with Crippen molar-refractivity contribution in [3.63, 3.8) is 0 Å². The minimum absolute atomic E-state index is 0.0709. The van der Waals surface area contributed by atoms with Crippen LogP contribution in [-0.4, -0.2) is 30.1 Å². The molecule has 3 fully saturated rings. The largest absolute Gasteiger partial charge is 0.375 e. The van der Waals surface area contributed by atoms with Crippen molar-refractivity contribution in [3.05, 3.63) is 35.9 Å². The molecule has 2 aliphatic carbocycles. The summed E-state index contributed by atoms with van der Waals surface area (Å²) in [5.74, 6) is 1.00. The van der Waals surface area contributed by atoms with Gasteiger partial charge in [-0.1, -0.05) is 30.3 Å². The summed E-state index contributed by atoms with van der Waals surface area (Å²) in [5.41, 5.74) is -0.616. The molecule has 3 aliphatic rings. The van der Waals surface area contributed by atoms with E-state index in [1.807, 2.05) is 30.3 Å². The molecule has 2 unspecified atom stereocenters. The Labute approximate surface area is 118 Å². The van der Waals surface area contributed by atoms with Gasteiger partial charge in [-0.15, -0.1) is 0 Å². The average molecular weight is 272 g/mol. The number of rotatable bonds is 4. The van der Waals surface area contributed by atoms with Gasteiger partial charge in [0, 0.05) is 25.0 Å². The zero-order valence-corrected chi connectivity index (χ0v) is 11.4.